The van der Waals surface area contributed by atoms with Gasteiger partial charge in [0, 0.05) is 36.1 Å². The molecule has 0 unspecified atom stereocenters. The van der Waals surface area contributed by atoms with Crippen LogP contribution in [0.4, 0.5) is 0 Å². The zero-order valence-electron chi connectivity index (χ0n) is 18.1. The third kappa shape index (κ3) is 4.00. The predicted molar refractivity (Wildman–Crippen MR) is 128 cm³/mol. The molecule has 7 heteroatoms. The van der Waals surface area contributed by atoms with Crippen LogP contribution < -0.4 is 0 Å². The van der Waals surface area contributed by atoms with Gasteiger partial charge in [-0.1, -0.05) is 60.3 Å². The van der Waals surface area contributed by atoms with Crippen LogP contribution >= 0.6 is 11.8 Å². The molecule has 2 aromatic heterocycles. The van der Waals surface area contributed by atoms with Crippen molar-refractivity contribution in [1.29, 1.82) is 0 Å². The van der Waals surface area contributed by atoms with Crippen LogP contribution in [0.15, 0.2) is 65.8 Å². The van der Waals surface area contributed by atoms with Crippen molar-refractivity contribution >= 4 is 28.6 Å². The van der Waals surface area contributed by atoms with Crippen LogP contribution in [0.1, 0.15) is 19.8 Å². The van der Waals surface area contributed by atoms with E-state index in [0.717, 1.165) is 71.2 Å². The van der Waals surface area contributed by atoms with E-state index in [0.29, 0.717) is 5.75 Å². The number of rotatable bonds is 6. The number of aromatic nitrogens is 4. The Labute approximate surface area is 191 Å². The molecular weight excluding hydrogens is 418 g/mol. The molecule has 0 aliphatic carbocycles. The number of pyridine rings is 1. The Morgan fingerprint density at radius 1 is 1.00 bits per heavy atom. The molecular formula is C25H25N5OS. The monoisotopic (exact) mass is 443 g/mol. The minimum Gasteiger partial charge on any atom is -0.342 e. The highest BCUT2D eigenvalue weighted by molar-refractivity contribution is 7.99. The summed E-state index contributed by atoms with van der Waals surface area (Å²) in [7, 11) is 0. The molecule has 162 valence electrons. The van der Waals surface area contributed by atoms with Gasteiger partial charge < -0.3 is 9.47 Å². The van der Waals surface area contributed by atoms with E-state index in [1.165, 1.54) is 11.8 Å². The summed E-state index contributed by atoms with van der Waals surface area (Å²) in [4.78, 5) is 19.3. The molecule has 1 saturated heterocycles. The molecule has 1 aliphatic heterocycles. The molecule has 0 radical (unpaired) electrons. The van der Waals surface area contributed by atoms with Gasteiger partial charge in [-0.15, -0.1) is 10.2 Å². The highest BCUT2D eigenvalue weighted by Gasteiger charge is 2.21. The third-order valence-electron chi connectivity index (χ3n) is 5.84. The summed E-state index contributed by atoms with van der Waals surface area (Å²) < 4.78 is 2.10. The van der Waals surface area contributed by atoms with Gasteiger partial charge in [0.2, 0.25) is 5.91 Å². The van der Waals surface area contributed by atoms with Crippen molar-refractivity contribution in [3.8, 4) is 22.6 Å². The number of para-hydroxylation sites is 1. The van der Waals surface area contributed by atoms with Gasteiger partial charge in [-0.25, -0.2) is 4.98 Å². The summed E-state index contributed by atoms with van der Waals surface area (Å²) >= 11 is 1.47. The summed E-state index contributed by atoms with van der Waals surface area (Å²) in [5.74, 6) is 1.38. The molecule has 0 atom stereocenters. The fourth-order valence-electron chi connectivity index (χ4n) is 4.18. The molecule has 5 rings (SSSR count). The molecule has 3 heterocycles. The molecule has 0 N–H and O–H groups in total. The minimum atomic E-state index is 0.181. The first-order valence-electron chi connectivity index (χ1n) is 11.0. The number of fused-ring (bicyclic) bond motifs is 1. The van der Waals surface area contributed by atoms with E-state index in [-0.39, 0.29) is 5.91 Å². The van der Waals surface area contributed by atoms with Crippen molar-refractivity contribution < 1.29 is 4.79 Å². The number of benzene rings is 2. The van der Waals surface area contributed by atoms with E-state index in [2.05, 4.69) is 46.0 Å². The number of likely N-dealkylation sites (tertiary alicyclic amines) is 1. The summed E-state index contributed by atoms with van der Waals surface area (Å²) in [6, 6.07) is 20.4. The molecule has 4 aromatic rings. The fraction of sp³-hybridized carbons (Fsp3) is 0.280. The van der Waals surface area contributed by atoms with Gasteiger partial charge in [-0.2, -0.15) is 0 Å². The second kappa shape index (κ2) is 9.12. The zero-order chi connectivity index (χ0) is 21.9. The molecule has 1 amide bonds. The number of amides is 1. The molecule has 2 aromatic carbocycles. The number of carbonyl (C=O) groups is 1. The van der Waals surface area contributed by atoms with Gasteiger partial charge in [0.1, 0.15) is 0 Å². The number of hydrogen-bond acceptors (Lipinski definition) is 5. The van der Waals surface area contributed by atoms with Gasteiger partial charge in [0.05, 0.1) is 17.0 Å². The lowest BCUT2D eigenvalue weighted by atomic mass is 10.0. The van der Waals surface area contributed by atoms with Crippen molar-refractivity contribution in [3.63, 3.8) is 0 Å². The Morgan fingerprint density at radius 2 is 1.75 bits per heavy atom. The van der Waals surface area contributed by atoms with Crippen molar-refractivity contribution in [2.45, 2.75) is 31.5 Å². The van der Waals surface area contributed by atoms with Crippen molar-refractivity contribution in [2.75, 3.05) is 18.8 Å². The van der Waals surface area contributed by atoms with Crippen LogP contribution in [0.5, 0.6) is 0 Å². The van der Waals surface area contributed by atoms with Gasteiger partial charge in [-0.05, 0) is 31.9 Å². The maximum Gasteiger partial charge on any atom is 0.233 e. The third-order valence-corrected chi connectivity index (χ3v) is 6.79. The van der Waals surface area contributed by atoms with Gasteiger partial charge in [0.25, 0.3) is 0 Å². The fourth-order valence-corrected chi connectivity index (χ4v) is 5.09. The standard InChI is InChI=1S/C25H25N5OS/c1-2-30-24(27-28-25(30)32-17-23(31)29-14-8-9-15-29)20-16-22(18-10-4-3-5-11-18)26-21-13-7-6-12-19(20)21/h3-7,10-13,16H,2,8-9,14-15,17H2,1H3. The maximum atomic E-state index is 12.5. The number of nitrogens with zero attached hydrogens (tertiary/aromatic N) is 5. The van der Waals surface area contributed by atoms with Crippen molar-refractivity contribution in [1.82, 2.24) is 24.6 Å². The average molecular weight is 444 g/mol. The molecule has 6 nitrogen and oxygen atoms in total. The van der Waals surface area contributed by atoms with E-state index in [4.69, 9.17) is 4.98 Å². The zero-order valence-corrected chi connectivity index (χ0v) is 18.9. The Morgan fingerprint density at radius 3 is 2.53 bits per heavy atom. The number of hydrogen-bond donors (Lipinski definition) is 0. The lowest BCUT2D eigenvalue weighted by molar-refractivity contribution is -0.127. The molecule has 0 saturated carbocycles. The molecule has 0 spiro atoms. The highest BCUT2D eigenvalue weighted by Crippen LogP contribution is 2.33. The summed E-state index contributed by atoms with van der Waals surface area (Å²) in [5.41, 5.74) is 3.89. The summed E-state index contributed by atoms with van der Waals surface area (Å²) in [6.07, 6.45) is 2.20. The van der Waals surface area contributed by atoms with Crippen LogP contribution in [0.25, 0.3) is 33.5 Å². The Kier molecular flexibility index (Phi) is 5.90. The first-order chi connectivity index (χ1) is 15.7. The van der Waals surface area contributed by atoms with Crippen LogP contribution in [-0.4, -0.2) is 49.4 Å². The van der Waals surface area contributed by atoms with E-state index in [1.807, 2.05) is 41.3 Å². The maximum absolute atomic E-state index is 12.5. The number of thioether (sulfide) groups is 1. The first kappa shape index (κ1) is 20.7. The Balaban J connectivity index is 1.53. The molecule has 32 heavy (non-hydrogen) atoms. The molecule has 0 bridgehead atoms. The van der Waals surface area contributed by atoms with Crippen LogP contribution in [0.2, 0.25) is 0 Å². The second-order valence-electron chi connectivity index (χ2n) is 7.87. The summed E-state index contributed by atoms with van der Waals surface area (Å²) in [5, 5.41) is 10.8. The highest BCUT2D eigenvalue weighted by atomic mass is 32.2. The normalized spacial score (nSPS) is 13.7. The quantitative estimate of drug-likeness (QED) is 0.397. The van der Waals surface area contributed by atoms with E-state index in [9.17, 15) is 4.79 Å². The van der Waals surface area contributed by atoms with Gasteiger partial charge >= 0.3 is 0 Å². The van der Waals surface area contributed by atoms with Crippen LogP contribution in [0.3, 0.4) is 0 Å². The summed E-state index contributed by atoms with van der Waals surface area (Å²) in [6.45, 7) is 4.55. The molecule has 1 aliphatic rings. The largest absolute Gasteiger partial charge is 0.342 e. The van der Waals surface area contributed by atoms with E-state index >= 15 is 0 Å². The van der Waals surface area contributed by atoms with Crippen LogP contribution in [0, 0.1) is 0 Å². The average Bonchev–Trinajstić information content (AvgIpc) is 3.52. The lowest BCUT2D eigenvalue weighted by Crippen LogP contribution is -2.29. The Hall–Kier alpha value is -3.19. The first-order valence-corrected chi connectivity index (χ1v) is 12.0. The topological polar surface area (TPSA) is 63.9 Å². The van der Waals surface area contributed by atoms with Crippen molar-refractivity contribution in [2.24, 2.45) is 0 Å². The minimum absolute atomic E-state index is 0.181. The van der Waals surface area contributed by atoms with E-state index in [1.54, 1.807) is 0 Å². The predicted octanol–water partition coefficient (Wildman–Crippen LogP) is 4.89. The van der Waals surface area contributed by atoms with Crippen molar-refractivity contribution in [3.05, 3.63) is 60.7 Å². The molecule has 1 fully saturated rings. The van der Waals surface area contributed by atoms with Gasteiger partial charge in [0.15, 0.2) is 11.0 Å². The van der Waals surface area contributed by atoms with E-state index < -0.39 is 0 Å². The SMILES string of the molecule is CCn1c(SCC(=O)N2CCCC2)nnc1-c1cc(-c2ccccc2)nc2ccccc12. The van der Waals surface area contributed by atoms with Gasteiger partial charge in [-0.3, -0.25) is 4.79 Å². The van der Waals surface area contributed by atoms with Crippen LogP contribution in [-0.2, 0) is 11.3 Å². The lowest BCUT2D eigenvalue weighted by Gasteiger charge is -2.15. The Bertz CT molecular complexity index is 1250. The smallest absolute Gasteiger partial charge is 0.233 e. The number of carbonyl (C=O) groups excluding carboxylic acids is 1. The second-order valence-corrected chi connectivity index (χ2v) is 8.81.